The van der Waals surface area contributed by atoms with E-state index in [-0.39, 0.29) is 18.6 Å². The Balaban J connectivity index is 1.88. The molecule has 0 aliphatic carbocycles. The molecule has 1 fully saturated rings. The van der Waals surface area contributed by atoms with Crippen LogP contribution < -0.4 is 10.1 Å². The van der Waals surface area contributed by atoms with Crippen molar-refractivity contribution in [3.63, 3.8) is 0 Å². The van der Waals surface area contributed by atoms with E-state index in [9.17, 15) is 4.79 Å². The molecule has 0 bridgehead atoms. The van der Waals surface area contributed by atoms with E-state index >= 15 is 0 Å². The van der Waals surface area contributed by atoms with Gasteiger partial charge in [-0.25, -0.2) is 4.99 Å². The fraction of sp³-hybridized carbons (Fsp3) is 0.579. The summed E-state index contributed by atoms with van der Waals surface area (Å²) >= 11 is 5.97. The van der Waals surface area contributed by atoms with Crippen LogP contribution >= 0.6 is 11.6 Å². The van der Waals surface area contributed by atoms with Gasteiger partial charge >= 0.3 is 0 Å². The first-order valence-electron chi connectivity index (χ1n) is 9.15. The molecule has 1 aliphatic rings. The lowest BCUT2D eigenvalue weighted by atomic mass is 10.2. The van der Waals surface area contributed by atoms with Crippen molar-refractivity contribution in [1.82, 2.24) is 15.1 Å². The van der Waals surface area contributed by atoms with Crippen LogP contribution in [0.5, 0.6) is 5.75 Å². The molecule has 150 valence electrons. The molecule has 1 N–H and O–H groups in total. The van der Waals surface area contributed by atoms with E-state index in [1.165, 1.54) is 4.90 Å². The number of carbonyl (C=O) groups excluding carboxylic acids is 1. The number of halogens is 1. The maximum absolute atomic E-state index is 11.9. The SMILES string of the molecule is CN(C)C(=O)CN=C(NCC1CCCO1)N(C)CCOc1cccc(Cl)c1. The summed E-state index contributed by atoms with van der Waals surface area (Å²) in [6.07, 6.45) is 2.32. The van der Waals surface area contributed by atoms with Crippen LogP contribution in [0.3, 0.4) is 0 Å². The molecule has 0 radical (unpaired) electrons. The number of amides is 1. The number of hydrogen-bond donors (Lipinski definition) is 1. The van der Waals surface area contributed by atoms with Gasteiger partial charge in [0.1, 0.15) is 18.9 Å². The van der Waals surface area contributed by atoms with Crippen molar-refractivity contribution in [2.45, 2.75) is 18.9 Å². The van der Waals surface area contributed by atoms with Gasteiger partial charge in [-0.05, 0) is 31.0 Å². The number of carbonyl (C=O) groups is 1. The van der Waals surface area contributed by atoms with E-state index in [1.54, 1.807) is 20.2 Å². The van der Waals surface area contributed by atoms with Crippen LogP contribution in [0.15, 0.2) is 29.3 Å². The van der Waals surface area contributed by atoms with E-state index in [0.717, 1.165) is 25.2 Å². The van der Waals surface area contributed by atoms with Gasteiger partial charge in [0, 0.05) is 39.3 Å². The lowest BCUT2D eigenvalue weighted by Crippen LogP contribution is -2.44. The monoisotopic (exact) mass is 396 g/mol. The number of ether oxygens (including phenoxy) is 2. The molecule has 0 spiro atoms. The largest absolute Gasteiger partial charge is 0.492 e. The van der Waals surface area contributed by atoms with E-state index in [2.05, 4.69) is 10.3 Å². The Bertz CT molecular complexity index is 633. The van der Waals surface area contributed by atoms with Gasteiger partial charge < -0.3 is 24.6 Å². The summed E-state index contributed by atoms with van der Waals surface area (Å²) in [7, 11) is 5.36. The number of hydrogen-bond acceptors (Lipinski definition) is 4. The Labute approximate surface area is 166 Å². The molecule has 1 aromatic carbocycles. The van der Waals surface area contributed by atoms with Gasteiger partial charge in [-0.1, -0.05) is 17.7 Å². The Hall–Kier alpha value is -1.99. The number of likely N-dealkylation sites (N-methyl/N-ethyl adjacent to an activating group) is 2. The van der Waals surface area contributed by atoms with E-state index in [1.807, 2.05) is 30.1 Å². The quantitative estimate of drug-likeness (QED) is 0.536. The summed E-state index contributed by atoms with van der Waals surface area (Å²) in [5.41, 5.74) is 0. The number of rotatable bonds is 8. The third kappa shape index (κ3) is 7.64. The van der Waals surface area contributed by atoms with Gasteiger partial charge in [0.2, 0.25) is 5.91 Å². The molecule has 1 aromatic rings. The predicted molar refractivity (Wildman–Crippen MR) is 108 cm³/mol. The minimum absolute atomic E-state index is 0.0463. The number of aliphatic imine (C=N–C) groups is 1. The molecule has 1 atom stereocenters. The molecule has 7 nitrogen and oxygen atoms in total. The normalized spacial score (nSPS) is 16.9. The zero-order valence-corrected chi connectivity index (χ0v) is 17.0. The fourth-order valence-corrected chi connectivity index (χ4v) is 2.75. The third-order valence-corrected chi connectivity index (χ3v) is 4.46. The average Bonchev–Trinajstić information content (AvgIpc) is 3.15. The molecule has 1 amide bonds. The minimum atomic E-state index is -0.0463. The number of guanidine groups is 1. The smallest absolute Gasteiger partial charge is 0.243 e. The van der Waals surface area contributed by atoms with Crippen LogP contribution in [-0.4, -0.2) is 81.8 Å². The topological polar surface area (TPSA) is 66.4 Å². The summed E-state index contributed by atoms with van der Waals surface area (Å²) < 4.78 is 11.4. The molecule has 1 saturated heterocycles. The van der Waals surface area contributed by atoms with Crippen LogP contribution in [0.2, 0.25) is 5.02 Å². The zero-order valence-electron chi connectivity index (χ0n) is 16.3. The van der Waals surface area contributed by atoms with Crippen molar-refractivity contribution in [1.29, 1.82) is 0 Å². The minimum Gasteiger partial charge on any atom is -0.492 e. The molecule has 0 aromatic heterocycles. The van der Waals surface area contributed by atoms with Crippen molar-refractivity contribution in [3.05, 3.63) is 29.3 Å². The summed E-state index contributed by atoms with van der Waals surface area (Å²) in [4.78, 5) is 19.8. The van der Waals surface area contributed by atoms with Crippen molar-refractivity contribution in [2.75, 3.05) is 54.0 Å². The van der Waals surface area contributed by atoms with Gasteiger partial charge in [-0.15, -0.1) is 0 Å². The molecule has 1 aliphatic heterocycles. The van der Waals surface area contributed by atoms with Gasteiger partial charge in [-0.3, -0.25) is 4.79 Å². The summed E-state index contributed by atoms with van der Waals surface area (Å²) in [5.74, 6) is 1.34. The van der Waals surface area contributed by atoms with Crippen LogP contribution in [0.1, 0.15) is 12.8 Å². The van der Waals surface area contributed by atoms with Crippen LogP contribution in [0.25, 0.3) is 0 Å². The first-order valence-corrected chi connectivity index (χ1v) is 9.53. The molecule has 27 heavy (non-hydrogen) atoms. The standard InChI is InChI=1S/C19H29ClN4O3/c1-23(2)18(25)14-22-19(21-13-17-8-5-10-26-17)24(3)9-11-27-16-7-4-6-15(20)12-16/h4,6-7,12,17H,5,8-11,13-14H2,1-3H3,(H,21,22). The molecular formula is C19H29ClN4O3. The fourth-order valence-electron chi connectivity index (χ4n) is 2.57. The molecule has 8 heteroatoms. The maximum Gasteiger partial charge on any atom is 0.243 e. The number of benzene rings is 1. The average molecular weight is 397 g/mol. The van der Waals surface area contributed by atoms with Crippen LogP contribution in [0, 0.1) is 0 Å². The predicted octanol–water partition coefficient (Wildman–Crippen LogP) is 1.86. The van der Waals surface area contributed by atoms with Gasteiger partial charge in [0.25, 0.3) is 0 Å². The highest BCUT2D eigenvalue weighted by atomic mass is 35.5. The molecular weight excluding hydrogens is 368 g/mol. The first kappa shape index (κ1) is 21.3. The lowest BCUT2D eigenvalue weighted by molar-refractivity contribution is -0.127. The van der Waals surface area contributed by atoms with Gasteiger partial charge in [-0.2, -0.15) is 0 Å². The number of nitrogens with zero attached hydrogens (tertiary/aromatic N) is 3. The summed E-state index contributed by atoms with van der Waals surface area (Å²) in [6.45, 7) is 2.66. The first-order chi connectivity index (χ1) is 13.0. The molecule has 2 rings (SSSR count). The van der Waals surface area contributed by atoms with Gasteiger partial charge in [0.15, 0.2) is 5.96 Å². The highest BCUT2D eigenvalue weighted by molar-refractivity contribution is 6.30. The third-order valence-electron chi connectivity index (χ3n) is 4.23. The van der Waals surface area contributed by atoms with Crippen LogP contribution in [0.4, 0.5) is 0 Å². The van der Waals surface area contributed by atoms with E-state index in [0.29, 0.717) is 30.7 Å². The Morgan fingerprint density at radius 2 is 2.22 bits per heavy atom. The molecule has 1 heterocycles. The van der Waals surface area contributed by atoms with Crippen molar-refractivity contribution < 1.29 is 14.3 Å². The van der Waals surface area contributed by atoms with Crippen molar-refractivity contribution >= 4 is 23.5 Å². The Kier molecular flexibility index (Phi) is 8.67. The summed E-state index contributed by atoms with van der Waals surface area (Å²) in [6, 6.07) is 7.31. The Morgan fingerprint density at radius 3 is 2.89 bits per heavy atom. The van der Waals surface area contributed by atoms with Gasteiger partial charge in [0.05, 0.1) is 12.6 Å². The Morgan fingerprint density at radius 1 is 1.41 bits per heavy atom. The van der Waals surface area contributed by atoms with E-state index in [4.69, 9.17) is 21.1 Å². The highest BCUT2D eigenvalue weighted by Crippen LogP contribution is 2.17. The summed E-state index contributed by atoms with van der Waals surface area (Å²) in [5, 5.41) is 3.96. The molecule has 1 unspecified atom stereocenters. The zero-order chi connectivity index (χ0) is 19.6. The van der Waals surface area contributed by atoms with Crippen LogP contribution in [-0.2, 0) is 9.53 Å². The molecule has 0 saturated carbocycles. The second kappa shape index (κ2) is 11.0. The number of nitrogens with one attached hydrogen (secondary N) is 1. The van der Waals surface area contributed by atoms with E-state index < -0.39 is 0 Å². The second-order valence-corrected chi connectivity index (χ2v) is 7.11. The second-order valence-electron chi connectivity index (χ2n) is 6.67. The maximum atomic E-state index is 11.9. The van der Waals surface area contributed by atoms with Crippen molar-refractivity contribution in [2.24, 2.45) is 4.99 Å². The lowest BCUT2D eigenvalue weighted by Gasteiger charge is -2.24. The highest BCUT2D eigenvalue weighted by Gasteiger charge is 2.17. The van der Waals surface area contributed by atoms with Crippen molar-refractivity contribution in [3.8, 4) is 5.75 Å².